The van der Waals surface area contributed by atoms with Gasteiger partial charge in [-0.25, -0.2) is 19.9 Å². The molecule has 0 N–H and O–H groups in total. The summed E-state index contributed by atoms with van der Waals surface area (Å²) in [5, 5.41) is 0. The molecule has 4 nitrogen and oxygen atoms in total. The molecule has 6 aromatic rings. The Morgan fingerprint density at radius 2 is 0.833 bits per heavy atom. The van der Waals surface area contributed by atoms with E-state index in [0.717, 1.165) is 56.3 Å². The summed E-state index contributed by atoms with van der Waals surface area (Å²) in [7, 11) is 0. The Morgan fingerprint density at radius 1 is 0.361 bits per heavy atom. The van der Waals surface area contributed by atoms with Gasteiger partial charge in [0.15, 0.2) is 5.82 Å². The van der Waals surface area contributed by atoms with Crippen molar-refractivity contribution in [1.29, 1.82) is 0 Å². The van der Waals surface area contributed by atoms with E-state index in [1.165, 1.54) is 0 Å². The second-order valence-corrected chi connectivity index (χ2v) is 8.44. The molecule has 6 rings (SSSR count). The zero-order valence-electron chi connectivity index (χ0n) is 19.5. The maximum atomic E-state index is 4.77. The summed E-state index contributed by atoms with van der Waals surface area (Å²) in [6.45, 7) is 0. The average Bonchev–Trinajstić information content (AvgIpc) is 2.98. The van der Waals surface area contributed by atoms with Gasteiger partial charge < -0.3 is 0 Å². The lowest BCUT2D eigenvalue weighted by Gasteiger charge is -2.08. The second kappa shape index (κ2) is 9.72. The van der Waals surface area contributed by atoms with Crippen molar-refractivity contribution < 1.29 is 0 Å². The molecule has 0 unspecified atom stereocenters. The predicted octanol–water partition coefficient (Wildman–Crippen LogP) is 7.60. The molecule has 36 heavy (non-hydrogen) atoms. The van der Waals surface area contributed by atoms with Crippen LogP contribution < -0.4 is 0 Å². The first-order valence-corrected chi connectivity index (χ1v) is 11.8. The van der Waals surface area contributed by atoms with Crippen LogP contribution in [0, 0.1) is 0 Å². The van der Waals surface area contributed by atoms with Gasteiger partial charge in [-0.2, -0.15) is 0 Å². The smallest absolute Gasteiger partial charge is 0.159 e. The van der Waals surface area contributed by atoms with Crippen LogP contribution in [0.5, 0.6) is 0 Å². The maximum Gasteiger partial charge on any atom is 0.159 e. The first kappa shape index (κ1) is 21.6. The van der Waals surface area contributed by atoms with E-state index in [0.29, 0.717) is 0 Å². The van der Waals surface area contributed by atoms with E-state index in [-0.39, 0.29) is 0 Å². The van der Waals surface area contributed by atoms with Gasteiger partial charge in [0.2, 0.25) is 0 Å². The van der Waals surface area contributed by atoms with Gasteiger partial charge in [-0.05, 0) is 23.3 Å². The third-order valence-electron chi connectivity index (χ3n) is 6.12. The SMILES string of the molecule is c1ccc(-c2cc(-c3ccc(-c4ccc(-c5ccnc(-c6ccccc6)n5)cc4)cc3)ncn2)cc1. The monoisotopic (exact) mass is 462 g/mol. The Morgan fingerprint density at radius 3 is 1.42 bits per heavy atom. The van der Waals surface area contributed by atoms with Crippen LogP contribution in [0.2, 0.25) is 0 Å². The summed E-state index contributed by atoms with van der Waals surface area (Å²) < 4.78 is 0. The molecule has 0 saturated heterocycles. The highest BCUT2D eigenvalue weighted by Gasteiger charge is 2.07. The first-order valence-electron chi connectivity index (χ1n) is 11.8. The van der Waals surface area contributed by atoms with Crippen molar-refractivity contribution in [1.82, 2.24) is 19.9 Å². The summed E-state index contributed by atoms with van der Waals surface area (Å²) in [5.74, 6) is 0.730. The van der Waals surface area contributed by atoms with Crippen LogP contribution in [0.3, 0.4) is 0 Å². The molecule has 0 atom stereocenters. The number of nitrogens with zero attached hydrogens (tertiary/aromatic N) is 4. The molecule has 4 heteroatoms. The number of benzene rings is 4. The highest BCUT2D eigenvalue weighted by atomic mass is 14.9. The normalized spacial score (nSPS) is 10.8. The molecule has 0 aliphatic carbocycles. The minimum Gasteiger partial charge on any atom is -0.237 e. The van der Waals surface area contributed by atoms with E-state index in [2.05, 4.69) is 75.6 Å². The first-order chi connectivity index (χ1) is 17.8. The van der Waals surface area contributed by atoms with Crippen LogP contribution >= 0.6 is 0 Å². The van der Waals surface area contributed by atoms with Crippen molar-refractivity contribution in [3.05, 3.63) is 134 Å². The molecule has 0 aliphatic heterocycles. The molecule has 0 amide bonds. The fraction of sp³-hybridized carbons (Fsp3) is 0. The van der Waals surface area contributed by atoms with Gasteiger partial charge in [-0.3, -0.25) is 0 Å². The summed E-state index contributed by atoms with van der Waals surface area (Å²) in [4.78, 5) is 18.1. The summed E-state index contributed by atoms with van der Waals surface area (Å²) in [6.07, 6.45) is 3.44. The third-order valence-corrected chi connectivity index (χ3v) is 6.12. The molecule has 0 fully saturated rings. The molecule has 4 aromatic carbocycles. The number of rotatable bonds is 5. The molecule has 0 bridgehead atoms. The van der Waals surface area contributed by atoms with Gasteiger partial charge in [0, 0.05) is 28.5 Å². The van der Waals surface area contributed by atoms with Crippen LogP contribution in [-0.4, -0.2) is 19.9 Å². The van der Waals surface area contributed by atoms with Crippen LogP contribution in [-0.2, 0) is 0 Å². The van der Waals surface area contributed by atoms with E-state index >= 15 is 0 Å². The van der Waals surface area contributed by atoms with Gasteiger partial charge in [0.1, 0.15) is 6.33 Å². The van der Waals surface area contributed by atoms with Crippen LogP contribution in [0.4, 0.5) is 0 Å². The molecule has 170 valence electrons. The van der Waals surface area contributed by atoms with Crippen molar-refractivity contribution in [2.45, 2.75) is 0 Å². The van der Waals surface area contributed by atoms with E-state index in [4.69, 9.17) is 4.98 Å². The van der Waals surface area contributed by atoms with Gasteiger partial charge in [-0.15, -0.1) is 0 Å². The van der Waals surface area contributed by atoms with Crippen molar-refractivity contribution in [3.8, 4) is 56.3 Å². The van der Waals surface area contributed by atoms with Crippen molar-refractivity contribution in [2.75, 3.05) is 0 Å². The number of hydrogen-bond donors (Lipinski definition) is 0. The highest BCUT2D eigenvalue weighted by Crippen LogP contribution is 2.28. The van der Waals surface area contributed by atoms with Crippen molar-refractivity contribution in [3.63, 3.8) is 0 Å². The van der Waals surface area contributed by atoms with Gasteiger partial charge >= 0.3 is 0 Å². The lowest BCUT2D eigenvalue weighted by Crippen LogP contribution is -1.91. The highest BCUT2D eigenvalue weighted by molar-refractivity contribution is 5.73. The topological polar surface area (TPSA) is 51.6 Å². The van der Waals surface area contributed by atoms with Crippen LogP contribution in [0.1, 0.15) is 0 Å². The molecule has 0 spiro atoms. The van der Waals surface area contributed by atoms with Crippen LogP contribution in [0.15, 0.2) is 134 Å². The summed E-state index contributed by atoms with van der Waals surface area (Å²) in [6, 6.07) is 41.1. The third kappa shape index (κ3) is 4.52. The summed E-state index contributed by atoms with van der Waals surface area (Å²) >= 11 is 0. The molecule has 0 aliphatic rings. The lowest BCUT2D eigenvalue weighted by atomic mass is 10.0. The molecule has 2 heterocycles. The Bertz CT molecular complexity index is 1470. The van der Waals surface area contributed by atoms with E-state index in [1.54, 1.807) is 6.33 Å². The minimum atomic E-state index is 0.730. The zero-order valence-corrected chi connectivity index (χ0v) is 19.5. The standard InChI is InChI=1S/C32H22N4/c1-3-7-25(8-4-1)30-21-31(35-22-34-30)27-17-13-24(14-18-27)23-11-15-26(16-12-23)29-19-20-33-32(36-29)28-9-5-2-6-10-28/h1-22H. The fourth-order valence-corrected chi connectivity index (χ4v) is 4.19. The van der Waals surface area contributed by atoms with Gasteiger partial charge in [0.25, 0.3) is 0 Å². The molecule has 0 saturated carbocycles. The fourth-order valence-electron chi connectivity index (χ4n) is 4.19. The van der Waals surface area contributed by atoms with Gasteiger partial charge in [0.05, 0.1) is 17.1 Å². The van der Waals surface area contributed by atoms with E-state index in [1.807, 2.05) is 66.9 Å². The molecular formula is C32H22N4. The van der Waals surface area contributed by atoms with E-state index < -0.39 is 0 Å². The Labute approximate surface area is 210 Å². The Hall–Kier alpha value is -4.96. The predicted molar refractivity (Wildman–Crippen MR) is 145 cm³/mol. The van der Waals surface area contributed by atoms with Crippen molar-refractivity contribution in [2.24, 2.45) is 0 Å². The van der Waals surface area contributed by atoms with Gasteiger partial charge in [-0.1, -0.05) is 109 Å². The van der Waals surface area contributed by atoms with Crippen LogP contribution in [0.25, 0.3) is 56.3 Å². The van der Waals surface area contributed by atoms with Crippen molar-refractivity contribution >= 4 is 0 Å². The zero-order chi connectivity index (χ0) is 24.2. The molecule has 0 radical (unpaired) electrons. The number of aromatic nitrogens is 4. The number of hydrogen-bond acceptors (Lipinski definition) is 4. The second-order valence-electron chi connectivity index (χ2n) is 8.44. The maximum absolute atomic E-state index is 4.77. The Kier molecular flexibility index (Phi) is 5.83. The average molecular weight is 463 g/mol. The lowest BCUT2D eigenvalue weighted by molar-refractivity contribution is 1.18. The van der Waals surface area contributed by atoms with E-state index in [9.17, 15) is 0 Å². The quantitative estimate of drug-likeness (QED) is 0.265. The Balaban J connectivity index is 1.23. The largest absolute Gasteiger partial charge is 0.237 e. The molecule has 2 aromatic heterocycles. The summed E-state index contributed by atoms with van der Waals surface area (Å²) in [5.41, 5.74) is 9.24. The molecular weight excluding hydrogens is 440 g/mol. The minimum absolute atomic E-state index is 0.730.